The minimum atomic E-state index is -0.0537. The fourth-order valence-corrected chi connectivity index (χ4v) is 3.93. The highest BCUT2D eigenvalue weighted by Crippen LogP contribution is 2.49. The van der Waals surface area contributed by atoms with Crippen molar-refractivity contribution in [3.05, 3.63) is 82.4 Å². The molecule has 1 aliphatic carbocycles. The summed E-state index contributed by atoms with van der Waals surface area (Å²) >= 11 is 6.15. The zero-order valence-corrected chi connectivity index (χ0v) is 14.4. The first-order valence-corrected chi connectivity index (χ1v) is 8.39. The van der Waals surface area contributed by atoms with E-state index in [0.717, 1.165) is 17.4 Å². The van der Waals surface area contributed by atoms with Crippen LogP contribution >= 0.6 is 11.6 Å². The van der Waals surface area contributed by atoms with Crippen molar-refractivity contribution in [2.45, 2.75) is 19.3 Å². The average Bonchev–Trinajstić information content (AvgIpc) is 2.83. The first kappa shape index (κ1) is 15.2. The molecule has 0 N–H and O–H groups in total. The standard InChI is InChI=1S/C22H17ClO/c1-22(2)20-6-4-3-5-17(20)18-10-8-14(11-21(18)22)19-12-16(23)9-7-15(19)13-24/h3-13H,1-2H3. The molecule has 24 heavy (non-hydrogen) atoms. The van der Waals surface area contributed by atoms with E-state index < -0.39 is 0 Å². The number of rotatable bonds is 2. The molecular formula is C22H17ClO. The van der Waals surface area contributed by atoms with Gasteiger partial charge < -0.3 is 0 Å². The molecule has 0 aromatic heterocycles. The molecule has 0 saturated carbocycles. The van der Waals surface area contributed by atoms with E-state index in [2.05, 4.69) is 56.3 Å². The summed E-state index contributed by atoms with van der Waals surface area (Å²) in [6, 6.07) is 20.4. The van der Waals surface area contributed by atoms with Crippen molar-refractivity contribution < 1.29 is 4.79 Å². The van der Waals surface area contributed by atoms with E-state index in [1.54, 1.807) is 12.1 Å². The van der Waals surface area contributed by atoms with Gasteiger partial charge in [0.15, 0.2) is 6.29 Å². The molecule has 118 valence electrons. The molecule has 0 radical (unpaired) electrons. The van der Waals surface area contributed by atoms with E-state index in [1.807, 2.05) is 6.07 Å². The van der Waals surface area contributed by atoms with Gasteiger partial charge in [-0.15, -0.1) is 0 Å². The second kappa shape index (κ2) is 5.32. The zero-order valence-electron chi connectivity index (χ0n) is 13.6. The number of carbonyl (C=O) groups excluding carboxylic acids is 1. The van der Waals surface area contributed by atoms with Crippen molar-refractivity contribution >= 4 is 17.9 Å². The Labute approximate surface area is 146 Å². The van der Waals surface area contributed by atoms with Crippen LogP contribution in [0.4, 0.5) is 0 Å². The third-order valence-electron chi connectivity index (χ3n) is 5.04. The van der Waals surface area contributed by atoms with Gasteiger partial charge in [0.2, 0.25) is 0 Å². The van der Waals surface area contributed by atoms with E-state index in [4.69, 9.17) is 11.6 Å². The Morgan fingerprint density at radius 3 is 2.38 bits per heavy atom. The molecular weight excluding hydrogens is 316 g/mol. The molecule has 4 rings (SSSR count). The summed E-state index contributed by atoms with van der Waals surface area (Å²) in [6.45, 7) is 4.50. The van der Waals surface area contributed by atoms with Crippen LogP contribution in [0.2, 0.25) is 5.02 Å². The monoisotopic (exact) mass is 332 g/mol. The Balaban J connectivity index is 1.95. The second-order valence-electron chi connectivity index (χ2n) is 6.78. The number of benzene rings is 3. The molecule has 3 aromatic rings. The summed E-state index contributed by atoms with van der Waals surface area (Å²) in [5.41, 5.74) is 7.72. The van der Waals surface area contributed by atoms with Gasteiger partial charge in [-0.25, -0.2) is 0 Å². The second-order valence-corrected chi connectivity index (χ2v) is 7.22. The van der Waals surface area contributed by atoms with Gasteiger partial charge in [-0.3, -0.25) is 4.79 Å². The van der Waals surface area contributed by atoms with Crippen molar-refractivity contribution in [2.24, 2.45) is 0 Å². The lowest BCUT2D eigenvalue weighted by Crippen LogP contribution is -2.14. The predicted octanol–water partition coefficient (Wildman–Crippen LogP) is 6.13. The third-order valence-corrected chi connectivity index (χ3v) is 5.27. The van der Waals surface area contributed by atoms with Crippen LogP contribution in [0, 0.1) is 0 Å². The zero-order chi connectivity index (χ0) is 16.9. The Bertz CT molecular complexity index is 969. The van der Waals surface area contributed by atoms with Crippen molar-refractivity contribution in [1.82, 2.24) is 0 Å². The molecule has 1 aliphatic rings. The van der Waals surface area contributed by atoms with E-state index in [0.29, 0.717) is 10.6 Å². The summed E-state index contributed by atoms with van der Waals surface area (Å²) in [5, 5.41) is 0.638. The third kappa shape index (κ3) is 2.12. The number of hydrogen-bond acceptors (Lipinski definition) is 1. The van der Waals surface area contributed by atoms with Gasteiger partial charge in [0.1, 0.15) is 0 Å². The van der Waals surface area contributed by atoms with Gasteiger partial charge in [0.05, 0.1) is 0 Å². The summed E-state index contributed by atoms with van der Waals surface area (Å²) in [5.74, 6) is 0. The van der Waals surface area contributed by atoms with Crippen LogP contribution in [-0.4, -0.2) is 6.29 Å². The molecule has 3 aromatic carbocycles. The van der Waals surface area contributed by atoms with Crippen LogP contribution < -0.4 is 0 Å². The van der Waals surface area contributed by atoms with Crippen molar-refractivity contribution in [3.63, 3.8) is 0 Å². The van der Waals surface area contributed by atoms with E-state index in [9.17, 15) is 4.79 Å². The van der Waals surface area contributed by atoms with Crippen molar-refractivity contribution in [1.29, 1.82) is 0 Å². The lowest BCUT2D eigenvalue weighted by molar-refractivity contribution is 0.112. The molecule has 0 atom stereocenters. The van der Waals surface area contributed by atoms with Crippen LogP contribution in [0.1, 0.15) is 35.3 Å². The normalized spacial score (nSPS) is 14.1. The molecule has 0 amide bonds. The average molecular weight is 333 g/mol. The number of halogens is 1. The van der Waals surface area contributed by atoms with Gasteiger partial charge in [0.25, 0.3) is 0 Å². The van der Waals surface area contributed by atoms with Crippen LogP contribution in [-0.2, 0) is 5.41 Å². The highest BCUT2D eigenvalue weighted by Gasteiger charge is 2.35. The fraction of sp³-hybridized carbons (Fsp3) is 0.136. The smallest absolute Gasteiger partial charge is 0.150 e. The van der Waals surface area contributed by atoms with Gasteiger partial charge in [-0.2, -0.15) is 0 Å². The molecule has 0 spiro atoms. The lowest BCUT2D eigenvalue weighted by atomic mass is 9.81. The maximum Gasteiger partial charge on any atom is 0.150 e. The maximum atomic E-state index is 11.4. The summed E-state index contributed by atoms with van der Waals surface area (Å²) in [7, 11) is 0. The Hall–Kier alpha value is -2.38. The molecule has 0 aliphatic heterocycles. The molecule has 0 unspecified atom stereocenters. The van der Waals surface area contributed by atoms with E-state index in [-0.39, 0.29) is 5.41 Å². The van der Waals surface area contributed by atoms with Crippen LogP contribution in [0.3, 0.4) is 0 Å². The summed E-state index contributed by atoms with van der Waals surface area (Å²) in [4.78, 5) is 11.4. The minimum Gasteiger partial charge on any atom is -0.298 e. The quantitative estimate of drug-likeness (QED) is 0.516. The van der Waals surface area contributed by atoms with Gasteiger partial charge in [0, 0.05) is 16.0 Å². The molecule has 0 heterocycles. The Kier molecular flexibility index (Phi) is 3.36. The Morgan fingerprint density at radius 2 is 1.58 bits per heavy atom. The highest BCUT2D eigenvalue weighted by molar-refractivity contribution is 6.31. The summed E-state index contributed by atoms with van der Waals surface area (Å²) < 4.78 is 0. The topological polar surface area (TPSA) is 17.1 Å². The molecule has 1 nitrogen and oxygen atoms in total. The maximum absolute atomic E-state index is 11.4. The molecule has 0 saturated heterocycles. The highest BCUT2D eigenvalue weighted by atomic mass is 35.5. The first-order chi connectivity index (χ1) is 11.5. The van der Waals surface area contributed by atoms with Crippen LogP contribution in [0.15, 0.2) is 60.7 Å². The van der Waals surface area contributed by atoms with Crippen molar-refractivity contribution in [3.8, 4) is 22.3 Å². The summed E-state index contributed by atoms with van der Waals surface area (Å²) in [6.07, 6.45) is 0.888. The van der Waals surface area contributed by atoms with Crippen molar-refractivity contribution in [2.75, 3.05) is 0 Å². The Morgan fingerprint density at radius 1 is 0.833 bits per heavy atom. The number of carbonyl (C=O) groups is 1. The van der Waals surface area contributed by atoms with Gasteiger partial charge in [-0.05, 0) is 57.6 Å². The molecule has 2 heteroatoms. The van der Waals surface area contributed by atoms with E-state index >= 15 is 0 Å². The van der Waals surface area contributed by atoms with Crippen LogP contribution in [0.5, 0.6) is 0 Å². The largest absolute Gasteiger partial charge is 0.298 e. The minimum absolute atomic E-state index is 0.0537. The fourth-order valence-electron chi connectivity index (χ4n) is 3.75. The van der Waals surface area contributed by atoms with Gasteiger partial charge in [-0.1, -0.05) is 61.8 Å². The van der Waals surface area contributed by atoms with Crippen LogP contribution in [0.25, 0.3) is 22.3 Å². The SMILES string of the molecule is CC1(C)c2ccccc2-c2ccc(-c3cc(Cl)ccc3C=O)cc21. The van der Waals surface area contributed by atoms with E-state index in [1.165, 1.54) is 22.3 Å². The first-order valence-electron chi connectivity index (χ1n) is 8.02. The number of fused-ring (bicyclic) bond motifs is 3. The predicted molar refractivity (Wildman–Crippen MR) is 99.8 cm³/mol. The number of aldehydes is 1. The van der Waals surface area contributed by atoms with Gasteiger partial charge >= 0.3 is 0 Å². The lowest BCUT2D eigenvalue weighted by Gasteiger charge is -2.22. The molecule has 0 bridgehead atoms. The number of hydrogen-bond donors (Lipinski definition) is 0. The molecule has 0 fully saturated rings.